The van der Waals surface area contributed by atoms with Crippen LogP contribution >= 0.6 is 12.8 Å². The van der Waals surface area contributed by atoms with Gasteiger partial charge in [0.2, 0.25) is 0 Å². The minimum atomic E-state index is -0.808. The highest BCUT2D eigenvalue weighted by molar-refractivity contribution is 7.82. The van der Waals surface area contributed by atoms with E-state index in [1.54, 1.807) is 13.1 Å². The third-order valence-corrected chi connectivity index (χ3v) is 4.35. The Morgan fingerprint density at radius 2 is 2.21 bits per heavy atom. The molecule has 1 aromatic rings. The molecule has 0 fully saturated rings. The van der Waals surface area contributed by atoms with Gasteiger partial charge in [-0.1, -0.05) is 32.7 Å². The lowest BCUT2D eigenvalue weighted by molar-refractivity contribution is 0.154. The zero-order valence-corrected chi connectivity index (χ0v) is 15.1. The van der Waals surface area contributed by atoms with Gasteiger partial charge in [0.25, 0.3) is 0 Å². The summed E-state index contributed by atoms with van der Waals surface area (Å²) in [6.07, 6.45) is 5.92. The van der Waals surface area contributed by atoms with Crippen LogP contribution in [0.3, 0.4) is 0 Å². The maximum absolute atomic E-state index is 12.1. The van der Waals surface area contributed by atoms with Crippen molar-refractivity contribution in [2.75, 3.05) is 10.9 Å². The van der Waals surface area contributed by atoms with E-state index in [2.05, 4.69) is 43.0 Å². The summed E-state index contributed by atoms with van der Waals surface area (Å²) in [6, 6.07) is 3.03. The number of allylic oxidation sites excluding steroid dienone is 2. The molecule has 24 heavy (non-hydrogen) atoms. The van der Waals surface area contributed by atoms with E-state index < -0.39 is 12.1 Å². The summed E-state index contributed by atoms with van der Waals surface area (Å²) in [6.45, 7) is 6.32. The maximum atomic E-state index is 12.1. The smallest absolute Gasteiger partial charge is 0.415 e. The van der Waals surface area contributed by atoms with Crippen LogP contribution in [-0.2, 0) is 4.74 Å². The van der Waals surface area contributed by atoms with E-state index in [4.69, 9.17) is 4.74 Å². The molecule has 2 rings (SSSR count). The molecule has 0 aliphatic heterocycles. The van der Waals surface area contributed by atoms with Crippen LogP contribution in [0.4, 0.5) is 15.4 Å². The first-order chi connectivity index (χ1) is 11.3. The van der Waals surface area contributed by atoms with Gasteiger partial charge in [-0.05, 0) is 49.3 Å². The average molecular weight is 349 g/mol. The maximum Gasteiger partial charge on any atom is 0.415 e. The molecule has 0 unspecified atom stereocenters. The highest BCUT2D eigenvalue weighted by atomic mass is 32.1. The van der Waals surface area contributed by atoms with E-state index in [1.165, 1.54) is 0 Å². The molecule has 0 radical (unpaired) electrons. The second-order valence-electron chi connectivity index (χ2n) is 6.43. The van der Waals surface area contributed by atoms with E-state index >= 15 is 0 Å². The number of carbonyl (C=O) groups is 2. The van der Waals surface area contributed by atoms with Crippen LogP contribution < -0.4 is 9.62 Å². The van der Waals surface area contributed by atoms with E-state index in [9.17, 15) is 9.59 Å². The van der Waals surface area contributed by atoms with Gasteiger partial charge in [0.1, 0.15) is 0 Å². The molecule has 3 amide bonds. The quantitative estimate of drug-likeness (QED) is 0.803. The summed E-state index contributed by atoms with van der Waals surface area (Å²) in [4.78, 5) is 27.8. The number of alkyl carbamates (subject to hydrolysis) is 1. The van der Waals surface area contributed by atoms with Crippen LogP contribution in [0, 0.1) is 5.41 Å². The summed E-state index contributed by atoms with van der Waals surface area (Å²) in [5.74, 6) is 0.397. The Labute approximate surface area is 147 Å². The lowest BCUT2D eigenvalue weighted by atomic mass is 9.77. The Hall–Kier alpha value is -2.02. The van der Waals surface area contributed by atoms with Gasteiger partial charge < -0.3 is 4.74 Å². The van der Waals surface area contributed by atoms with Gasteiger partial charge in [0.05, 0.1) is 6.61 Å². The number of imide groups is 1. The highest BCUT2D eigenvalue weighted by Gasteiger charge is 2.25. The molecule has 1 N–H and O–H groups in total. The third kappa shape index (κ3) is 4.50. The summed E-state index contributed by atoms with van der Waals surface area (Å²) in [5.41, 5.74) is 2.27. The van der Waals surface area contributed by atoms with Crippen LogP contribution in [-0.4, -0.2) is 23.7 Å². The Kier molecular flexibility index (Phi) is 5.88. The standard InChI is InChI=1S/C17H23N3O3S/c1-4-23-16(22)19-15(21)20(24)14-13(6-5-11-18-14)12-7-9-17(2,3)10-8-12/h5-7,11,24H,4,8-10H2,1-3H3,(H,19,21,22). The van der Waals surface area contributed by atoms with Crippen molar-refractivity contribution in [2.24, 2.45) is 5.41 Å². The van der Waals surface area contributed by atoms with Crippen molar-refractivity contribution in [1.29, 1.82) is 0 Å². The van der Waals surface area contributed by atoms with Gasteiger partial charge in [0, 0.05) is 11.8 Å². The van der Waals surface area contributed by atoms with Gasteiger partial charge in [-0.2, -0.15) is 0 Å². The summed E-state index contributed by atoms with van der Waals surface area (Å²) in [5, 5.41) is 2.11. The van der Waals surface area contributed by atoms with E-state index in [-0.39, 0.29) is 12.0 Å². The first-order valence-corrected chi connectivity index (χ1v) is 8.35. The van der Waals surface area contributed by atoms with Gasteiger partial charge in [-0.3, -0.25) is 0 Å². The lowest BCUT2D eigenvalue weighted by Gasteiger charge is -2.29. The number of urea groups is 1. The molecule has 0 saturated carbocycles. The minimum Gasteiger partial charge on any atom is -0.450 e. The molecule has 0 bridgehead atoms. The zero-order chi connectivity index (χ0) is 17.7. The first-order valence-electron chi connectivity index (χ1n) is 7.95. The molecular formula is C17H23N3O3S. The third-order valence-electron chi connectivity index (χ3n) is 3.98. The molecule has 1 aliphatic rings. The van der Waals surface area contributed by atoms with Crippen molar-refractivity contribution in [3.8, 4) is 0 Å². The number of aromatic nitrogens is 1. The second kappa shape index (κ2) is 7.70. The Balaban J connectivity index is 2.21. The number of rotatable bonds is 3. The van der Waals surface area contributed by atoms with Gasteiger partial charge in [-0.25, -0.2) is 24.2 Å². The number of anilines is 1. The predicted molar refractivity (Wildman–Crippen MR) is 96.9 cm³/mol. The molecule has 0 saturated heterocycles. The first kappa shape index (κ1) is 18.3. The van der Waals surface area contributed by atoms with Crippen LogP contribution in [0.5, 0.6) is 0 Å². The number of thiol groups is 1. The molecule has 1 heterocycles. The zero-order valence-electron chi connectivity index (χ0n) is 14.2. The normalized spacial score (nSPS) is 16.1. The lowest BCUT2D eigenvalue weighted by Crippen LogP contribution is -2.39. The molecule has 0 spiro atoms. The van der Waals surface area contributed by atoms with Crippen molar-refractivity contribution in [3.05, 3.63) is 30.0 Å². The van der Waals surface area contributed by atoms with Crippen molar-refractivity contribution >= 4 is 36.3 Å². The van der Waals surface area contributed by atoms with Crippen LogP contribution in [0.2, 0.25) is 0 Å². The molecular weight excluding hydrogens is 326 g/mol. The number of ether oxygens (including phenoxy) is 1. The molecule has 1 aliphatic carbocycles. The highest BCUT2D eigenvalue weighted by Crippen LogP contribution is 2.40. The van der Waals surface area contributed by atoms with Gasteiger partial charge in [-0.15, -0.1) is 0 Å². The molecule has 0 aromatic carbocycles. The van der Waals surface area contributed by atoms with Crippen LogP contribution in [0.25, 0.3) is 5.57 Å². The topological polar surface area (TPSA) is 71.5 Å². The number of hydrogen-bond acceptors (Lipinski definition) is 5. The number of pyridine rings is 1. The predicted octanol–water partition coefficient (Wildman–Crippen LogP) is 4.19. The number of amides is 3. The molecule has 130 valence electrons. The van der Waals surface area contributed by atoms with E-state index in [1.807, 2.05) is 12.1 Å². The molecule has 7 heteroatoms. The van der Waals surface area contributed by atoms with E-state index in [0.717, 1.165) is 34.7 Å². The Bertz CT molecular complexity index is 658. The summed E-state index contributed by atoms with van der Waals surface area (Å²) in [7, 11) is 0. The monoisotopic (exact) mass is 349 g/mol. The average Bonchev–Trinajstić information content (AvgIpc) is 2.54. The summed E-state index contributed by atoms with van der Waals surface area (Å²) < 4.78 is 5.74. The number of nitrogens with zero attached hydrogens (tertiary/aromatic N) is 2. The fourth-order valence-electron chi connectivity index (χ4n) is 2.54. The second-order valence-corrected chi connectivity index (χ2v) is 6.83. The summed E-state index contributed by atoms with van der Waals surface area (Å²) >= 11 is 4.20. The fraction of sp³-hybridized carbons (Fsp3) is 0.471. The minimum absolute atomic E-state index is 0.184. The van der Waals surface area contributed by atoms with Crippen molar-refractivity contribution in [1.82, 2.24) is 10.3 Å². The Morgan fingerprint density at radius 3 is 2.83 bits per heavy atom. The van der Waals surface area contributed by atoms with Crippen molar-refractivity contribution in [2.45, 2.75) is 40.0 Å². The van der Waals surface area contributed by atoms with Gasteiger partial charge >= 0.3 is 12.1 Å². The largest absolute Gasteiger partial charge is 0.450 e. The fourth-order valence-corrected chi connectivity index (χ4v) is 2.75. The SMILES string of the molecule is CCOC(=O)NC(=O)N(S)c1ncccc1C1=CCC(C)(C)CC1. The number of nitrogens with one attached hydrogen (secondary N) is 1. The number of hydrogen-bond donors (Lipinski definition) is 2. The Morgan fingerprint density at radius 1 is 1.46 bits per heavy atom. The van der Waals surface area contributed by atoms with E-state index in [0.29, 0.717) is 5.82 Å². The molecule has 1 aromatic heterocycles. The van der Waals surface area contributed by atoms with Crippen LogP contribution in [0.15, 0.2) is 24.4 Å². The molecule has 6 nitrogen and oxygen atoms in total. The van der Waals surface area contributed by atoms with Crippen LogP contribution in [0.1, 0.15) is 45.6 Å². The van der Waals surface area contributed by atoms with Crippen molar-refractivity contribution in [3.63, 3.8) is 0 Å². The molecule has 0 atom stereocenters. The van der Waals surface area contributed by atoms with Crippen molar-refractivity contribution < 1.29 is 14.3 Å². The number of carbonyl (C=O) groups excluding carboxylic acids is 2. The van der Waals surface area contributed by atoms with Gasteiger partial charge in [0.15, 0.2) is 5.82 Å².